The van der Waals surface area contributed by atoms with Crippen molar-refractivity contribution in [3.63, 3.8) is 0 Å². The van der Waals surface area contributed by atoms with Crippen molar-refractivity contribution in [2.45, 2.75) is 17.9 Å². The Morgan fingerprint density at radius 2 is 1.57 bits per heavy atom. The quantitative estimate of drug-likeness (QED) is 0.724. The lowest BCUT2D eigenvalue weighted by Gasteiger charge is -2.17. The number of rotatable bonds is 5. The molecule has 1 amide bonds. The van der Waals surface area contributed by atoms with E-state index in [0.29, 0.717) is 12.1 Å². The van der Waals surface area contributed by atoms with Gasteiger partial charge < -0.3 is 4.90 Å². The summed E-state index contributed by atoms with van der Waals surface area (Å²) in [5.41, 5.74) is 3.43. The highest BCUT2D eigenvalue weighted by molar-refractivity contribution is 7.89. The Hall–Kier alpha value is -2.96. The van der Waals surface area contributed by atoms with Gasteiger partial charge in [-0.3, -0.25) is 4.79 Å². The summed E-state index contributed by atoms with van der Waals surface area (Å²) in [6, 6.07) is 23.3. The van der Waals surface area contributed by atoms with Crippen LogP contribution in [-0.4, -0.2) is 20.9 Å². The number of sulfonamides is 1. The zero-order valence-electron chi connectivity index (χ0n) is 15.2. The molecule has 3 aromatic rings. The molecule has 6 heteroatoms. The third kappa shape index (κ3) is 3.69. The summed E-state index contributed by atoms with van der Waals surface area (Å²) < 4.78 is 27.6. The highest BCUT2D eigenvalue weighted by Crippen LogP contribution is 2.29. The van der Waals surface area contributed by atoms with Gasteiger partial charge in [0.1, 0.15) is 0 Å². The van der Waals surface area contributed by atoms with Crippen LogP contribution in [0.5, 0.6) is 0 Å². The van der Waals surface area contributed by atoms with E-state index in [0.717, 1.165) is 23.2 Å². The fraction of sp³-hybridized carbons (Fsp3) is 0.136. The van der Waals surface area contributed by atoms with Crippen molar-refractivity contribution in [1.29, 1.82) is 0 Å². The van der Waals surface area contributed by atoms with Crippen LogP contribution in [-0.2, 0) is 23.0 Å². The van der Waals surface area contributed by atoms with Crippen LogP contribution in [0.4, 0.5) is 5.69 Å². The minimum absolute atomic E-state index is 0.119. The van der Waals surface area contributed by atoms with Crippen molar-refractivity contribution in [2.75, 3.05) is 11.4 Å². The van der Waals surface area contributed by atoms with E-state index in [9.17, 15) is 13.2 Å². The van der Waals surface area contributed by atoms with Crippen LogP contribution < -0.4 is 9.62 Å². The third-order valence-electron chi connectivity index (χ3n) is 4.85. The lowest BCUT2D eigenvalue weighted by Crippen LogP contribution is -2.29. The van der Waals surface area contributed by atoms with Crippen LogP contribution in [0.1, 0.15) is 21.5 Å². The lowest BCUT2D eigenvalue weighted by molar-refractivity contribution is 0.0989. The first-order valence-electron chi connectivity index (χ1n) is 9.08. The maximum absolute atomic E-state index is 12.8. The third-order valence-corrected chi connectivity index (χ3v) is 6.27. The summed E-state index contributed by atoms with van der Waals surface area (Å²) >= 11 is 0. The molecule has 0 saturated carbocycles. The predicted molar refractivity (Wildman–Crippen MR) is 109 cm³/mol. The van der Waals surface area contributed by atoms with E-state index >= 15 is 0 Å². The summed E-state index contributed by atoms with van der Waals surface area (Å²) in [7, 11) is -3.64. The minimum Gasteiger partial charge on any atom is -0.308 e. The van der Waals surface area contributed by atoms with Gasteiger partial charge in [0, 0.05) is 24.3 Å². The molecule has 142 valence electrons. The smallest absolute Gasteiger partial charge is 0.258 e. The van der Waals surface area contributed by atoms with Crippen molar-refractivity contribution in [2.24, 2.45) is 0 Å². The van der Waals surface area contributed by atoms with E-state index in [1.807, 2.05) is 54.6 Å². The van der Waals surface area contributed by atoms with Gasteiger partial charge >= 0.3 is 0 Å². The van der Waals surface area contributed by atoms with Gasteiger partial charge in [0.2, 0.25) is 10.0 Å². The maximum atomic E-state index is 12.8. The number of hydrogen-bond acceptors (Lipinski definition) is 3. The molecule has 0 saturated heterocycles. The van der Waals surface area contributed by atoms with Gasteiger partial charge in [-0.15, -0.1) is 0 Å². The maximum Gasteiger partial charge on any atom is 0.258 e. The summed E-state index contributed by atoms with van der Waals surface area (Å²) in [6.07, 6.45) is 0.831. The molecule has 5 nitrogen and oxygen atoms in total. The van der Waals surface area contributed by atoms with Crippen LogP contribution in [0, 0.1) is 0 Å². The van der Waals surface area contributed by atoms with E-state index in [1.54, 1.807) is 17.0 Å². The van der Waals surface area contributed by atoms with Crippen molar-refractivity contribution in [3.05, 3.63) is 95.6 Å². The number of para-hydroxylation sites is 1. The van der Waals surface area contributed by atoms with Gasteiger partial charge in [-0.25, -0.2) is 13.1 Å². The van der Waals surface area contributed by atoms with Gasteiger partial charge in [0.05, 0.1) is 4.90 Å². The summed E-state index contributed by atoms with van der Waals surface area (Å²) in [5, 5.41) is 0. The number of anilines is 1. The van der Waals surface area contributed by atoms with Crippen LogP contribution in [0.25, 0.3) is 0 Å². The van der Waals surface area contributed by atoms with E-state index in [1.165, 1.54) is 12.1 Å². The molecular weight excluding hydrogens is 372 g/mol. The standard InChI is InChI=1S/C22H20N2O3S/c25-22(24-15-14-18-8-4-5-9-21(18)24)19-10-12-20(13-11-19)28(26,27)23-16-17-6-2-1-3-7-17/h1-13,23H,14-16H2. The first kappa shape index (κ1) is 18.4. The second-order valence-corrected chi connectivity index (χ2v) is 8.44. The molecule has 0 radical (unpaired) electrons. The van der Waals surface area contributed by atoms with Gasteiger partial charge in [-0.1, -0.05) is 48.5 Å². The number of benzene rings is 3. The average Bonchev–Trinajstić information content (AvgIpc) is 3.17. The average molecular weight is 392 g/mol. The van der Waals surface area contributed by atoms with Crippen LogP contribution >= 0.6 is 0 Å². The largest absolute Gasteiger partial charge is 0.308 e. The molecule has 0 aliphatic carbocycles. The molecule has 0 atom stereocenters. The number of amides is 1. The Morgan fingerprint density at radius 1 is 0.893 bits per heavy atom. The summed E-state index contributed by atoms with van der Waals surface area (Å²) in [5.74, 6) is -0.119. The molecule has 1 heterocycles. The number of hydrogen-bond donors (Lipinski definition) is 1. The molecule has 4 rings (SSSR count). The van der Waals surface area contributed by atoms with Crippen LogP contribution in [0.3, 0.4) is 0 Å². The molecule has 28 heavy (non-hydrogen) atoms. The lowest BCUT2D eigenvalue weighted by atomic mass is 10.1. The van der Waals surface area contributed by atoms with Crippen molar-refractivity contribution in [3.8, 4) is 0 Å². The van der Waals surface area contributed by atoms with Gasteiger partial charge in [-0.05, 0) is 47.9 Å². The highest BCUT2D eigenvalue weighted by atomic mass is 32.2. The summed E-state index contributed by atoms with van der Waals surface area (Å²) in [4.78, 5) is 14.7. The topological polar surface area (TPSA) is 66.5 Å². The van der Waals surface area contributed by atoms with E-state index in [-0.39, 0.29) is 17.3 Å². The van der Waals surface area contributed by atoms with E-state index in [4.69, 9.17) is 0 Å². The Morgan fingerprint density at radius 3 is 2.32 bits per heavy atom. The van der Waals surface area contributed by atoms with Gasteiger partial charge in [0.25, 0.3) is 5.91 Å². The molecule has 0 aromatic heterocycles. The molecule has 0 fully saturated rings. The Balaban J connectivity index is 1.48. The fourth-order valence-corrected chi connectivity index (χ4v) is 4.36. The van der Waals surface area contributed by atoms with Gasteiger partial charge in [-0.2, -0.15) is 0 Å². The van der Waals surface area contributed by atoms with Gasteiger partial charge in [0.15, 0.2) is 0 Å². The minimum atomic E-state index is -3.64. The zero-order valence-corrected chi connectivity index (χ0v) is 16.0. The zero-order chi connectivity index (χ0) is 19.6. The predicted octanol–water partition coefficient (Wildman–Crippen LogP) is 3.37. The molecule has 0 unspecified atom stereocenters. The molecule has 1 aliphatic rings. The molecule has 0 spiro atoms. The molecular formula is C22H20N2O3S. The van der Waals surface area contributed by atoms with Crippen molar-refractivity contribution in [1.82, 2.24) is 4.72 Å². The first-order chi connectivity index (χ1) is 13.5. The second kappa shape index (κ2) is 7.58. The van der Waals surface area contributed by atoms with E-state index in [2.05, 4.69) is 4.72 Å². The number of carbonyl (C=O) groups is 1. The Labute approximate surface area is 164 Å². The molecule has 1 N–H and O–H groups in total. The highest BCUT2D eigenvalue weighted by Gasteiger charge is 2.25. The summed E-state index contributed by atoms with van der Waals surface area (Å²) in [6.45, 7) is 0.852. The SMILES string of the molecule is O=C(c1ccc(S(=O)(=O)NCc2ccccc2)cc1)N1CCc2ccccc21. The number of nitrogens with one attached hydrogen (secondary N) is 1. The number of nitrogens with zero attached hydrogens (tertiary/aromatic N) is 1. The Kier molecular flexibility index (Phi) is 4.98. The van der Waals surface area contributed by atoms with E-state index < -0.39 is 10.0 Å². The number of carbonyl (C=O) groups excluding carboxylic acids is 1. The normalized spacial score (nSPS) is 13.4. The van der Waals surface area contributed by atoms with Crippen molar-refractivity contribution < 1.29 is 13.2 Å². The first-order valence-corrected chi connectivity index (χ1v) is 10.6. The number of fused-ring (bicyclic) bond motifs is 1. The molecule has 3 aromatic carbocycles. The van der Waals surface area contributed by atoms with Crippen LogP contribution in [0.2, 0.25) is 0 Å². The fourth-order valence-electron chi connectivity index (χ4n) is 3.34. The Bertz CT molecular complexity index is 1090. The second-order valence-electron chi connectivity index (χ2n) is 6.67. The monoisotopic (exact) mass is 392 g/mol. The van der Waals surface area contributed by atoms with Crippen molar-refractivity contribution >= 4 is 21.6 Å². The molecule has 1 aliphatic heterocycles. The van der Waals surface area contributed by atoms with Crippen LogP contribution in [0.15, 0.2) is 83.8 Å². The molecule has 0 bridgehead atoms.